The van der Waals surface area contributed by atoms with E-state index in [2.05, 4.69) is 37.2 Å². The van der Waals surface area contributed by atoms with Gasteiger partial charge in [0.25, 0.3) is 5.91 Å². The van der Waals surface area contributed by atoms with Crippen molar-refractivity contribution in [2.75, 3.05) is 6.54 Å². The van der Waals surface area contributed by atoms with E-state index in [1.165, 1.54) is 0 Å². The Kier molecular flexibility index (Phi) is 4.22. The quantitative estimate of drug-likeness (QED) is 0.865. The lowest BCUT2D eigenvalue weighted by Crippen LogP contribution is -2.33. The van der Waals surface area contributed by atoms with E-state index in [0.717, 1.165) is 21.8 Å². The average Bonchev–Trinajstić information content (AvgIpc) is 3.12. The number of nitrogens with one attached hydrogen (secondary N) is 1. The third kappa shape index (κ3) is 3.53. The average molecular weight is 363 g/mol. The van der Waals surface area contributed by atoms with Gasteiger partial charge >= 0.3 is 0 Å². The molecule has 1 unspecified atom stereocenters. The van der Waals surface area contributed by atoms with Crippen LogP contribution in [0.4, 0.5) is 0 Å². The molecule has 0 spiro atoms. The molecule has 1 fully saturated rings. The molecule has 1 aromatic rings. The van der Waals surface area contributed by atoms with Crippen LogP contribution in [0.3, 0.4) is 0 Å². The van der Waals surface area contributed by atoms with E-state index in [1.807, 2.05) is 12.1 Å². The van der Waals surface area contributed by atoms with Gasteiger partial charge in [-0.15, -0.1) is 0 Å². The van der Waals surface area contributed by atoms with E-state index in [-0.39, 0.29) is 5.91 Å². The van der Waals surface area contributed by atoms with E-state index in [1.54, 1.807) is 6.07 Å². The Morgan fingerprint density at radius 2 is 2.18 bits per heavy atom. The van der Waals surface area contributed by atoms with Crippen molar-refractivity contribution in [2.24, 2.45) is 5.92 Å². The molecule has 1 amide bonds. The maximum Gasteiger partial charge on any atom is 0.252 e. The summed E-state index contributed by atoms with van der Waals surface area (Å²) in [5.41, 5.74) is 0.572. The molecule has 1 aromatic carbocycles. The number of aliphatic hydroxyl groups excluding tert-OH is 1. The molecule has 5 heteroatoms. The third-order valence-corrected chi connectivity index (χ3v) is 4.00. The molecule has 0 saturated heterocycles. The van der Waals surface area contributed by atoms with Gasteiger partial charge in [-0.2, -0.15) is 0 Å². The zero-order valence-corrected chi connectivity index (χ0v) is 12.3. The van der Waals surface area contributed by atoms with E-state index < -0.39 is 6.10 Å². The Morgan fingerprint density at radius 1 is 1.47 bits per heavy atom. The summed E-state index contributed by atoms with van der Waals surface area (Å²) in [6.07, 6.45) is 1.72. The molecule has 17 heavy (non-hydrogen) atoms. The number of aliphatic hydroxyl groups is 1. The standard InChI is InChI=1S/C12H13Br2NO2/c13-8-3-4-10(14)9(5-8)12(17)15-6-11(16)7-1-2-7/h3-5,7,11,16H,1-2,6H2,(H,15,17). The van der Waals surface area contributed by atoms with Crippen molar-refractivity contribution in [3.63, 3.8) is 0 Å². The van der Waals surface area contributed by atoms with Gasteiger partial charge in [0.2, 0.25) is 0 Å². The summed E-state index contributed by atoms with van der Waals surface area (Å²) in [5, 5.41) is 12.4. The van der Waals surface area contributed by atoms with Gasteiger partial charge in [-0.1, -0.05) is 15.9 Å². The Hall–Kier alpha value is -0.390. The number of hydrogen-bond acceptors (Lipinski definition) is 2. The first kappa shape index (κ1) is 13.1. The van der Waals surface area contributed by atoms with Crippen molar-refractivity contribution < 1.29 is 9.90 Å². The van der Waals surface area contributed by atoms with Crippen molar-refractivity contribution in [1.29, 1.82) is 0 Å². The fraction of sp³-hybridized carbons (Fsp3) is 0.417. The maximum absolute atomic E-state index is 11.9. The van der Waals surface area contributed by atoms with Crippen molar-refractivity contribution in [2.45, 2.75) is 18.9 Å². The molecule has 0 aliphatic heterocycles. The molecule has 1 aliphatic rings. The highest BCUT2D eigenvalue weighted by atomic mass is 79.9. The molecule has 0 aromatic heterocycles. The summed E-state index contributed by atoms with van der Waals surface area (Å²) in [4.78, 5) is 11.9. The van der Waals surface area contributed by atoms with Crippen LogP contribution >= 0.6 is 31.9 Å². The number of amides is 1. The summed E-state index contributed by atoms with van der Waals surface area (Å²) in [6, 6.07) is 5.43. The van der Waals surface area contributed by atoms with Crippen molar-refractivity contribution in [1.82, 2.24) is 5.32 Å². The van der Waals surface area contributed by atoms with E-state index in [9.17, 15) is 9.90 Å². The molecule has 3 nitrogen and oxygen atoms in total. The molecule has 0 heterocycles. The molecule has 0 radical (unpaired) electrons. The lowest BCUT2D eigenvalue weighted by atomic mass is 10.2. The number of halogens is 2. The van der Waals surface area contributed by atoms with Crippen LogP contribution in [0.15, 0.2) is 27.1 Å². The Balaban J connectivity index is 1.96. The highest BCUT2D eigenvalue weighted by Gasteiger charge is 2.29. The van der Waals surface area contributed by atoms with Gasteiger partial charge in [0.05, 0.1) is 11.7 Å². The lowest BCUT2D eigenvalue weighted by Gasteiger charge is -2.11. The summed E-state index contributed by atoms with van der Waals surface area (Å²) in [7, 11) is 0. The first-order chi connectivity index (χ1) is 8.08. The first-order valence-corrected chi connectivity index (χ1v) is 7.08. The first-order valence-electron chi connectivity index (χ1n) is 5.49. The number of carbonyl (C=O) groups is 1. The van der Waals surface area contributed by atoms with Crippen LogP contribution in [0.1, 0.15) is 23.2 Å². The van der Waals surface area contributed by atoms with Crippen LogP contribution in [0.2, 0.25) is 0 Å². The monoisotopic (exact) mass is 361 g/mol. The minimum Gasteiger partial charge on any atom is -0.391 e. The molecular formula is C12H13Br2NO2. The SMILES string of the molecule is O=C(NCC(O)C1CC1)c1cc(Br)ccc1Br. The maximum atomic E-state index is 11.9. The second-order valence-electron chi connectivity index (χ2n) is 4.24. The van der Waals surface area contributed by atoms with Gasteiger partial charge in [0.15, 0.2) is 0 Å². The highest BCUT2D eigenvalue weighted by Crippen LogP contribution is 2.32. The highest BCUT2D eigenvalue weighted by molar-refractivity contribution is 9.11. The molecule has 0 bridgehead atoms. The largest absolute Gasteiger partial charge is 0.391 e. The summed E-state index contributed by atoms with van der Waals surface area (Å²) in [5.74, 6) is 0.208. The van der Waals surface area contributed by atoms with E-state index in [0.29, 0.717) is 18.0 Å². The zero-order valence-electron chi connectivity index (χ0n) is 9.12. The smallest absolute Gasteiger partial charge is 0.252 e. The van der Waals surface area contributed by atoms with Crippen LogP contribution in [0.5, 0.6) is 0 Å². The van der Waals surface area contributed by atoms with Crippen LogP contribution in [-0.2, 0) is 0 Å². The molecule has 2 rings (SSSR count). The van der Waals surface area contributed by atoms with Gasteiger partial charge in [-0.3, -0.25) is 4.79 Å². The molecule has 92 valence electrons. The van der Waals surface area contributed by atoms with Crippen molar-refractivity contribution in [3.8, 4) is 0 Å². The van der Waals surface area contributed by atoms with E-state index >= 15 is 0 Å². The summed E-state index contributed by atoms with van der Waals surface area (Å²) < 4.78 is 1.60. The minimum absolute atomic E-state index is 0.169. The predicted octanol–water partition coefficient (Wildman–Crippen LogP) is 2.71. The Bertz CT molecular complexity index is 433. The third-order valence-electron chi connectivity index (χ3n) is 2.81. The van der Waals surface area contributed by atoms with Crippen LogP contribution in [0.25, 0.3) is 0 Å². The fourth-order valence-corrected chi connectivity index (χ4v) is 2.40. The van der Waals surface area contributed by atoms with E-state index in [4.69, 9.17) is 0 Å². The molecule has 2 N–H and O–H groups in total. The van der Waals surface area contributed by atoms with Crippen LogP contribution in [0, 0.1) is 5.92 Å². The number of rotatable bonds is 4. The van der Waals surface area contributed by atoms with Crippen LogP contribution < -0.4 is 5.32 Å². The summed E-state index contributed by atoms with van der Waals surface area (Å²) >= 11 is 6.66. The molecule has 1 atom stereocenters. The summed E-state index contributed by atoms with van der Waals surface area (Å²) in [6.45, 7) is 0.322. The molecule has 1 aliphatic carbocycles. The fourth-order valence-electron chi connectivity index (χ4n) is 1.61. The van der Waals surface area contributed by atoms with Gasteiger partial charge in [-0.05, 0) is 52.9 Å². The van der Waals surface area contributed by atoms with Crippen LogP contribution in [-0.4, -0.2) is 23.7 Å². The molecular weight excluding hydrogens is 350 g/mol. The number of benzene rings is 1. The van der Waals surface area contributed by atoms with Crippen molar-refractivity contribution in [3.05, 3.63) is 32.7 Å². The Morgan fingerprint density at radius 3 is 2.82 bits per heavy atom. The second kappa shape index (κ2) is 5.50. The molecule has 1 saturated carbocycles. The Labute approximate surface area is 117 Å². The van der Waals surface area contributed by atoms with Gasteiger partial charge in [-0.25, -0.2) is 0 Å². The zero-order chi connectivity index (χ0) is 12.4. The topological polar surface area (TPSA) is 49.3 Å². The predicted molar refractivity (Wildman–Crippen MR) is 72.9 cm³/mol. The number of carbonyl (C=O) groups excluding carboxylic acids is 1. The number of hydrogen-bond donors (Lipinski definition) is 2. The van der Waals surface area contributed by atoms with Crippen molar-refractivity contribution >= 4 is 37.8 Å². The van der Waals surface area contributed by atoms with Gasteiger partial charge in [0, 0.05) is 15.5 Å². The normalized spacial score (nSPS) is 16.6. The van der Waals surface area contributed by atoms with Gasteiger partial charge in [0.1, 0.15) is 0 Å². The van der Waals surface area contributed by atoms with Gasteiger partial charge < -0.3 is 10.4 Å². The minimum atomic E-state index is -0.412. The second-order valence-corrected chi connectivity index (χ2v) is 6.01. The lowest BCUT2D eigenvalue weighted by molar-refractivity contribution is 0.0900.